The van der Waals surface area contributed by atoms with E-state index in [1.54, 1.807) is 0 Å². The highest BCUT2D eigenvalue weighted by Gasteiger charge is 2.23. The molecule has 2 aliphatic heterocycles. The quantitative estimate of drug-likeness (QED) is 0.756. The van der Waals surface area contributed by atoms with Gasteiger partial charge in [0.05, 0.1) is 6.04 Å². The zero-order valence-corrected chi connectivity index (χ0v) is 9.08. The van der Waals surface area contributed by atoms with Crippen molar-refractivity contribution in [2.75, 3.05) is 6.54 Å². The minimum absolute atomic E-state index is 0.457. The number of aryl methyl sites for hydroxylation is 1. The molecule has 3 heterocycles. The Morgan fingerprint density at radius 2 is 2.13 bits per heavy atom. The smallest absolute Gasteiger partial charge is 0.150 e. The molecule has 0 amide bonds. The largest absolute Gasteiger partial charge is 0.314 e. The number of rotatable bonds is 1. The molecule has 4 nitrogen and oxygen atoms in total. The molecular formula is C11H18N4. The summed E-state index contributed by atoms with van der Waals surface area (Å²) < 4.78 is 2.34. The first-order valence-electron chi connectivity index (χ1n) is 6.10. The fraction of sp³-hybridized carbons (Fsp3) is 0.818. The molecule has 82 valence electrons. The van der Waals surface area contributed by atoms with Crippen LogP contribution in [-0.4, -0.2) is 21.3 Å². The van der Waals surface area contributed by atoms with Gasteiger partial charge in [0, 0.05) is 13.0 Å². The maximum Gasteiger partial charge on any atom is 0.150 e. The third-order valence-electron chi connectivity index (χ3n) is 3.51. The van der Waals surface area contributed by atoms with E-state index in [2.05, 4.69) is 20.1 Å². The van der Waals surface area contributed by atoms with Crippen LogP contribution < -0.4 is 5.32 Å². The van der Waals surface area contributed by atoms with E-state index in [0.29, 0.717) is 6.04 Å². The molecule has 2 aliphatic rings. The maximum atomic E-state index is 4.37. The molecule has 0 aromatic carbocycles. The van der Waals surface area contributed by atoms with Crippen LogP contribution in [0.25, 0.3) is 0 Å². The Morgan fingerprint density at radius 1 is 1.13 bits per heavy atom. The second kappa shape index (κ2) is 3.93. The number of nitrogens with one attached hydrogen (secondary N) is 1. The van der Waals surface area contributed by atoms with Crippen molar-refractivity contribution in [1.29, 1.82) is 0 Å². The van der Waals surface area contributed by atoms with Crippen molar-refractivity contribution in [1.82, 2.24) is 20.1 Å². The van der Waals surface area contributed by atoms with Gasteiger partial charge in [0.2, 0.25) is 0 Å². The van der Waals surface area contributed by atoms with E-state index < -0.39 is 0 Å². The Morgan fingerprint density at radius 3 is 3.00 bits per heavy atom. The van der Waals surface area contributed by atoms with Crippen LogP contribution in [0.5, 0.6) is 0 Å². The summed E-state index contributed by atoms with van der Waals surface area (Å²) >= 11 is 0. The van der Waals surface area contributed by atoms with Crippen LogP contribution in [0.2, 0.25) is 0 Å². The second-order valence-electron chi connectivity index (χ2n) is 4.59. The van der Waals surface area contributed by atoms with Crippen LogP contribution in [0.4, 0.5) is 0 Å². The van der Waals surface area contributed by atoms with Crippen LogP contribution >= 0.6 is 0 Å². The van der Waals surface area contributed by atoms with Crippen molar-refractivity contribution in [3.63, 3.8) is 0 Å². The molecule has 15 heavy (non-hydrogen) atoms. The Kier molecular flexibility index (Phi) is 2.44. The lowest BCUT2D eigenvalue weighted by atomic mass is 10.0. The lowest BCUT2D eigenvalue weighted by Gasteiger charge is -2.24. The number of aromatic nitrogens is 3. The predicted molar refractivity (Wildman–Crippen MR) is 57.6 cm³/mol. The van der Waals surface area contributed by atoms with Crippen molar-refractivity contribution >= 4 is 0 Å². The van der Waals surface area contributed by atoms with Gasteiger partial charge in [-0.2, -0.15) is 0 Å². The van der Waals surface area contributed by atoms with Crippen LogP contribution in [-0.2, 0) is 13.0 Å². The highest BCUT2D eigenvalue weighted by atomic mass is 15.3. The van der Waals surface area contributed by atoms with Gasteiger partial charge in [0.15, 0.2) is 0 Å². The van der Waals surface area contributed by atoms with Crippen LogP contribution in [0, 0.1) is 0 Å². The summed E-state index contributed by atoms with van der Waals surface area (Å²) in [5.74, 6) is 2.38. The molecule has 1 N–H and O–H groups in total. The summed E-state index contributed by atoms with van der Waals surface area (Å²) in [4.78, 5) is 0. The van der Waals surface area contributed by atoms with Gasteiger partial charge in [-0.05, 0) is 32.2 Å². The van der Waals surface area contributed by atoms with Gasteiger partial charge in [-0.15, -0.1) is 10.2 Å². The highest BCUT2D eigenvalue weighted by Crippen LogP contribution is 2.24. The third kappa shape index (κ3) is 1.67. The second-order valence-corrected chi connectivity index (χ2v) is 4.59. The molecular weight excluding hydrogens is 188 g/mol. The number of hydrogen-bond donors (Lipinski definition) is 1. The molecule has 1 saturated heterocycles. The lowest BCUT2D eigenvalue weighted by Crippen LogP contribution is -2.30. The van der Waals surface area contributed by atoms with Gasteiger partial charge in [0.25, 0.3) is 0 Å². The monoisotopic (exact) mass is 206 g/mol. The Bertz CT molecular complexity index is 338. The maximum absolute atomic E-state index is 4.37. The molecule has 1 aromatic rings. The average molecular weight is 206 g/mol. The summed E-state index contributed by atoms with van der Waals surface area (Å²) in [7, 11) is 0. The molecule has 3 rings (SSSR count). The van der Waals surface area contributed by atoms with E-state index in [9.17, 15) is 0 Å². The summed E-state index contributed by atoms with van der Waals surface area (Å²) in [5, 5.41) is 12.2. The predicted octanol–water partition coefficient (Wildman–Crippen LogP) is 1.43. The van der Waals surface area contributed by atoms with Crippen molar-refractivity contribution in [2.45, 2.75) is 51.1 Å². The Balaban J connectivity index is 1.87. The van der Waals surface area contributed by atoms with Crippen molar-refractivity contribution in [3.8, 4) is 0 Å². The molecule has 1 atom stereocenters. The molecule has 0 unspecified atom stereocenters. The van der Waals surface area contributed by atoms with Crippen molar-refractivity contribution in [2.24, 2.45) is 0 Å². The van der Waals surface area contributed by atoms with Crippen LogP contribution in [0.15, 0.2) is 0 Å². The highest BCUT2D eigenvalue weighted by molar-refractivity contribution is 5.04. The van der Waals surface area contributed by atoms with Gasteiger partial charge < -0.3 is 9.88 Å². The number of hydrogen-bond acceptors (Lipinski definition) is 3. The topological polar surface area (TPSA) is 42.7 Å². The van der Waals surface area contributed by atoms with Crippen LogP contribution in [0.3, 0.4) is 0 Å². The normalized spacial score (nSPS) is 26.3. The van der Waals surface area contributed by atoms with Crippen molar-refractivity contribution < 1.29 is 0 Å². The molecule has 1 aromatic heterocycles. The first kappa shape index (κ1) is 9.33. The average Bonchev–Trinajstić information content (AvgIpc) is 2.74. The molecule has 1 fully saturated rings. The molecule has 0 radical (unpaired) electrons. The lowest BCUT2D eigenvalue weighted by molar-refractivity contribution is 0.376. The van der Waals surface area contributed by atoms with E-state index in [0.717, 1.165) is 19.5 Å². The zero-order chi connectivity index (χ0) is 10.1. The van der Waals surface area contributed by atoms with Gasteiger partial charge in [-0.1, -0.05) is 6.42 Å². The van der Waals surface area contributed by atoms with Crippen molar-refractivity contribution in [3.05, 3.63) is 11.6 Å². The fourth-order valence-corrected chi connectivity index (χ4v) is 2.66. The zero-order valence-electron chi connectivity index (χ0n) is 9.08. The summed E-state index contributed by atoms with van der Waals surface area (Å²) in [5.41, 5.74) is 0. The Hall–Kier alpha value is -0.900. The van der Waals surface area contributed by atoms with E-state index in [4.69, 9.17) is 0 Å². The SMILES string of the molecule is C1CC[C@@H](c2nnc3n2CCCC3)NC1. The summed E-state index contributed by atoms with van der Waals surface area (Å²) in [6, 6.07) is 0.457. The van der Waals surface area contributed by atoms with E-state index >= 15 is 0 Å². The summed E-state index contributed by atoms with van der Waals surface area (Å²) in [6.07, 6.45) is 7.51. The molecule has 0 bridgehead atoms. The van der Waals surface area contributed by atoms with E-state index in [1.165, 1.54) is 43.8 Å². The standard InChI is InChI=1S/C11H18N4/c1-3-7-12-9(5-1)11-14-13-10-6-2-4-8-15(10)11/h9,12H,1-8H2/t9-/m0/s1. The van der Waals surface area contributed by atoms with Gasteiger partial charge in [-0.25, -0.2) is 0 Å². The minimum atomic E-state index is 0.457. The van der Waals surface area contributed by atoms with E-state index in [-0.39, 0.29) is 0 Å². The fourth-order valence-electron chi connectivity index (χ4n) is 2.66. The number of fused-ring (bicyclic) bond motifs is 1. The molecule has 0 saturated carbocycles. The van der Waals surface area contributed by atoms with Gasteiger partial charge >= 0.3 is 0 Å². The third-order valence-corrected chi connectivity index (χ3v) is 3.51. The minimum Gasteiger partial charge on any atom is -0.314 e. The molecule has 0 spiro atoms. The molecule has 0 aliphatic carbocycles. The van der Waals surface area contributed by atoms with E-state index in [1.807, 2.05) is 0 Å². The summed E-state index contributed by atoms with van der Waals surface area (Å²) in [6.45, 7) is 2.25. The van der Waals surface area contributed by atoms with Gasteiger partial charge in [0.1, 0.15) is 11.6 Å². The first-order chi connectivity index (χ1) is 7.45. The van der Waals surface area contributed by atoms with Gasteiger partial charge in [-0.3, -0.25) is 0 Å². The number of nitrogens with zero attached hydrogens (tertiary/aromatic N) is 3. The first-order valence-corrected chi connectivity index (χ1v) is 6.10. The molecule has 4 heteroatoms. The van der Waals surface area contributed by atoms with Crippen LogP contribution in [0.1, 0.15) is 49.8 Å². The Labute approximate surface area is 90.1 Å². The number of piperidine rings is 1.